The molecular weight excluding hydrogens is 561 g/mol. The van der Waals surface area contributed by atoms with Gasteiger partial charge in [0.15, 0.2) is 5.82 Å². The lowest BCUT2D eigenvalue weighted by molar-refractivity contribution is -0.129. The molecule has 0 spiro atoms. The Bertz CT molecular complexity index is 1930. The zero-order chi connectivity index (χ0) is 30.5. The average molecular weight is 585 g/mol. The number of nitrogens with zero attached hydrogens (tertiary/aromatic N) is 2. The number of amides is 2. The van der Waals surface area contributed by atoms with Crippen LogP contribution >= 0.6 is 0 Å². The van der Waals surface area contributed by atoms with Crippen molar-refractivity contribution in [2.45, 2.75) is 25.3 Å². The third-order valence-electron chi connectivity index (χ3n) is 7.59. The first-order chi connectivity index (χ1) is 20.6. The molecule has 43 heavy (non-hydrogen) atoms. The van der Waals surface area contributed by atoms with Crippen LogP contribution in [0.2, 0.25) is 0 Å². The first-order valence-electron chi connectivity index (χ1n) is 13.3. The number of aromatic nitrogens is 2. The molecule has 0 bridgehead atoms. The Kier molecular flexibility index (Phi) is 6.80. The SMILES string of the molecule is CNC(=O)c1c(-c2ccc(F)cc2)oc2ccc(-c3cc(C(=O)NC4(c5ncccn5)CC(=O)C4)cc(F)c3C)c(F)c12. The van der Waals surface area contributed by atoms with Gasteiger partial charge in [0, 0.05) is 49.0 Å². The van der Waals surface area contributed by atoms with E-state index in [-0.39, 0.29) is 69.0 Å². The van der Waals surface area contributed by atoms with Crippen LogP contribution in [0.1, 0.15) is 44.9 Å². The molecule has 0 atom stereocenters. The normalized spacial score (nSPS) is 13.9. The van der Waals surface area contributed by atoms with Crippen LogP contribution in [0.25, 0.3) is 33.4 Å². The van der Waals surface area contributed by atoms with Crippen molar-refractivity contribution in [1.82, 2.24) is 20.6 Å². The number of fused-ring (bicyclic) bond motifs is 1. The number of halogens is 3. The minimum Gasteiger partial charge on any atom is -0.455 e. The van der Waals surface area contributed by atoms with Crippen molar-refractivity contribution in [3.63, 3.8) is 0 Å². The fraction of sp³-hybridized carbons (Fsp3) is 0.156. The largest absolute Gasteiger partial charge is 0.455 e. The number of furan rings is 1. The van der Waals surface area contributed by atoms with Crippen LogP contribution in [0, 0.1) is 24.4 Å². The molecule has 2 N–H and O–H groups in total. The summed E-state index contributed by atoms with van der Waals surface area (Å²) in [5.74, 6) is -3.28. The van der Waals surface area contributed by atoms with Crippen molar-refractivity contribution in [3.05, 3.63) is 107 Å². The van der Waals surface area contributed by atoms with Crippen LogP contribution in [0.15, 0.2) is 71.4 Å². The monoisotopic (exact) mass is 584 g/mol. The van der Waals surface area contributed by atoms with Gasteiger partial charge >= 0.3 is 0 Å². The third-order valence-corrected chi connectivity index (χ3v) is 7.59. The first kappa shape index (κ1) is 27.8. The number of Topliss-reactive ketones (excluding diaryl/α,β-unsaturated/α-hetero) is 1. The van der Waals surface area contributed by atoms with Crippen LogP contribution in [0.5, 0.6) is 0 Å². The highest BCUT2D eigenvalue weighted by molar-refractivity contribution is 6.12. The molecule has 6 rings (SSSR count). The van der Waals surface area contributed by atoms with E-state index in [1.165, 1.54) is 68.8 Å². The van der Waals surface area contributed by atoms with Crippen molar-refractivity contribution in [1.29, 1.82) is 0 Å². The highest BCUT2D eigenvalue weighted by Crippen LogP contribution is 2.40. The van der Waals surface area contributed by atoms with Gasteiger partial charge in [-0.2, -0.15) is 0 Å². The third kappa shape index (κ3) is 4.72. The van der Waals surface area contributed by atoms with Gasteiger partial charge in [-0.1, -0.05) is 0 Å². The van der Waals surface area contributed by atoms with Gasteiger partial charge in [-0.25, -0.2) is 23.1 Å². The molecule has 1 aliphatic carbocycles. The minimum absolute atomic E-state index is 0.0194. The van der Waals surface area contributed by atoms with Gasteiger partial charge in [0.25, 0.3) is 11.8 Å². The molecule has 0 unspecified atom stereocenters. The molecule has 0 aliphatic heterocycles. The molecule has 5 aromatic rings. The lowest BCUT2D eigenvalue weighted by Gasteiger charge is -2.39. The van der Waals surface area contributed by atoms with Crippen LogP contribution in [0.4, 0.5) is 13.2 Å². The summed E-state index contributed by atoms with van der Waals surface area (Å²) in [5, 5.41) is 5.10. The number of ketones is 1. The highest BCUT2D eigenvalue weighted by Gasteiger charge is 2.48. The van der Waals surface area contributed by atoms with E-state index in [9.17, 15) is 18.8 Å². The Balaban J connectivity index is 1.45. The lowest BCUT2D eigenvalue weighted by atomic mass is 9.74. The van der Waals surface area contributed by atoms with Gasteiger partial charge < -0.3 is 15.1 Å². The molecule has 1 aliphatic rings. The molecule has 2 aromatic heterocycles. The van der Waals surface area contributed by atoms with Crippen LogP contribution in [-0.4, -0.2) is 34.6 Å². The van der Waals surface area contributed by atoms with Gasteiger partial charge in [-0.15, -0.1) is 0 Å². The van der Waals surface area contributed by atoms with Crippen molar-refractivity contribution >= 4 is 28.6 Å². The number of nitrogens with one attached hydrogen (secondary N) is 2. The smallest absolute Gasteiger partial charge is 0.255 e. The van der Waals surface area contributed by atoms with Crippen molar-refractivity contribution in [2.75, 3.05) is 7.05 Å². The van der Waals surface area contributed by atoms with Gasteiger partial charge in [-0.3, -0.25) is 14.4 Å². The molecular formula is C32H23F3N4O4. The molecule has 3 aromatic carbocycles. The lowest BCUT2D eigenvalue weighted by Crippen LogP contribution is -2.56. The second-order valence-corrected chi connectivity index (χ2v) is 10.3. The second-order valence-electron chi connectivity index (χ2n) is 10.3. The summed E-state index contributed by atoms with van der Waals surface area (Å²) < 4.78 is 51.1. The molecule has 2 amide bonds. The number of carbonyl (C=O) groups is 3. The molecule has 11 heteroatoms. The summed E-state index contributed by atoms with van der Waals surface area (Å²) in [4.78, 5) is 46.7. The average Bonchev–Trinajstić information content (AvgIpc) is 3.39. The molecule has 8 nitrogen and oxygen atoms in total. The molecule has 0 saturated heterocycles. The zero-order valence-electron chi connectivity index (χ0n) is 22.9. The molecule has 216 valence electrons. The summed E-state index contributed by atoms with van der Waals surface area (Å²) in [6.45, 7) is 1.44. The van der Waals surface area contributed by atoms with Crippen LogP contribution in [0.3, 0.4) is 0 Å². The number of benzene rings is 3. The van der Waals surface area contributed by atoms with Gasteiger partial charge in [0.05, 0.1) is 10.9 Å². The van der Waals surface area contributed by atoms with Crippen molar-refractivity contribution < 1.29 is 32.0 Å². The summed E-state index contributed by atoms with van der Waals surface area (Å²) in [7, 11) is 1.38. The zero-order valence-corrected chi connectivity index (χ0v) is 22.9. The predicted molar refractivity (Wildman–Crippen MR) is 151 cm³/mol. The second kappa shape index (κ2) is 10.5. The van der Waals surface area contributed by atoms with Crippen LogP contribution in [-0.2, 0) is 10.3 Å². The molecule has 1 saturated carbocycles. The van der Waals surface area contributed by atoms with E-state index in [1.54, 1.807) is 6.07 Å². The quantitative estimate of drug-likeness (QED) is 0.268. The van der Waals surface area contributed by atoms with E-state index in [1.807, 2.05) is 0 Å². The predicted octanol–water partition coefficient (Wildman–Crippen LogP) is 5.63. The van der Waals surface area contributed by atoms with E-state index < -0.39 is 34.8 Å². The molecule has 0 radical (unpaired) electrons. The Morgan fingerprint density at radius 3 is 2.28 bits per heavy atom. The fourth-order valence-electron chi connectivity index (χ4n) is 5.35. The van der Waals surface area contributed by atoms with E-state index in [2.05, 4.69) is 20.6 Å². The van der Waals surface area contributed by atoms with E-state index in [0.717, 1.165) is 6.07 Å². The number of rotatable bonds is 6. The summed E-state index contributed by atoms with van der Waals surface area (Å²) in [6, 6.07) is 12.0. The maximum absolute atomic E-state index is 16.4. The standard InChI is InChI=1S/C32H23F3N4O4/c1-16-22(12-18(13-23(16)34)29(41)39-32(14-20(40)15-32)31-37-10-3-11-38-31)21-8-9-24-25(27(21)35)26(30(42)36-2)28(43-24)17-4-6-19(33)7-5-17/h3-13H,14-15H2,1-2H3,(H,36,42)(H,39,41). The van der Waals surface area contributed by atoms with Crippen molar-refractivity contribution in [2.24, 2.45) is 0 Å². The minimum atomic E-state index is -1.14. The van der Waals surface area contributed by atoms with E-state index >= 15 is 8.78 Å². The number of carbonyl (C=O) groups excluding carboxylic acids is 3. The fourth-order valence-corrected chi connectivity index (χ4v) is 5.35. The van der Waals surface area contributed by atoms with Gasteiger partial charge in [0.1, 0.15) is 40.1 Å². The van der Waals surface area contributed by atoms with Crippen molar-refractivity contribution in [3.8, 4) is 22.5 Å². The first-order valence-corrected chi connectivity index (χ1v) is 13.3. The van der Waals surface area contributed by atoms with E-state index in [4.69, 9.17) is 4.42 Å². The Labute approximate surface area is 243 Å². The Morgan fingerprint density at radius 2 is 1.63 bits per heavy atom. The topological polar surface area (TPSA) is 114 Å². The maximum Gasteiger partial charge on any atom is 0.255 e. The maximum atomic E-state index is 16.4. The Morgan fingerprint density at radius 1 is 0.930 bits per heavy atom. The van der Waals surface area contributed by atoms with Gasteiger partial charge in [-0.05, 0) is 72.6 Å². The van der Waals surface area contributed by atoms with Gasteiger partial charge in [0.2, 0.25) is 0 Å². The van der Waals surface area contributed by atoms with Crippen LogP contribution < -0.4 is 10.6 Å². The summed E-state index contributed by atoms with van der Waals surface area (Å²) >= 11 is 0. The number of hydrogen-bond donors (Lipinski definition) is 2. The molecule has 2 heterocycles. The molecule has 1 fully saturated rings. The number of hydrogen-bond acceptors (Lipinski definition) is 6. The Hall–Kier alpha value is -5.32. The summed E-state index contributed by atoms with van der Waals surface area (Å²) in [5.41, 5.74) is -0.903. The highest BCUT2D eigenvalue weighted by atomic mass is 19.1. The summed E-state index contributed by atoms with van der Waals surface area (Å²) in [6.07, 6.45) is 2.95. The van der Waals surface area contributed by atoms with E-state index in [0.29, 0.717) is 5.56 Å².